The monoisotopic (exact) mass is 243 g/mol. The molecule has 17 heavy (non-hydrogen) atoms. The van der Waals surface area contributed by atoms with E-state index < -0.39 is 5.60 Å². The summed E-state index contributed by atoms with van der Waals surface area (Å²) in [6, 6.07) is 0. The molecule has 0 aromatic rings. The SMILES string of the molecule is CCOCC(=O)C1CN(C(=O)OC(C)(C)C)C1. The second-order valence-electron chi connectivity index (χ2n) is 5.19. The molecule has 0 N–H and O–H groups in total. The minimum atomic E-state index is -0.489. The van der Waals surface area contributed by atoms with Crippen molar-refractivity contribution in [3.63, 3.8) is 0 Å². The molecule has 0 atom stereocenters. The molecule has 0 saturated carbocycles. The van der Waals surface area contributed by atoms with Crippen LogP contribution in [0.4, 0.5) is 4.79 Å². The summed E-state index contributed by atoms with van der Waals surface area (Å²) in [5, 5.41) is 0. The van der Waals surface area contributed by atoms with E-state index in [-0.39, 0.29) is 24.4 Å². The Morgan fingerprint density at radius 3 is 2.35 bits per heavy atom. The van der Waals surface area contributed by atoms with Gasteiger partial charge in [-0.1, -0.05) is 0 Å². The van der Waals surface area contributed by atoms with E-state index in [9.17, 15) is 9.59 Å². The first-order chi connectivity index (χ1) is 7.83. The molecular weight excluding hydrogens is 222 g/mol. The number of nitrogens with zero attached hydrogens (tertiary/aromatic N) is 1. The molecule has 0 spiro atoms. The standard InChI is InChI=1S/C12H21NO4/c1-5-16-8-10(14)9-6-13(7-9)11(15)17-12(2,3)4/h9H,5-8H2,1-4H3. The van der Waals surface area contributed by atoms with Gasteiger partial charge in [0.2, 0.25) is 0 Å². The maximum atomic E-state index is 11.6. The lowest BCUT2D eigenvalue weighted by atomic mass is 9.96. The van der Waals surface area contributed by atoms with Crippen molar-refractivity contribution >= 4 is 11.9 Å². The molecule has 5 heteroatoms. The van der Waals surface area contributed by atoms with Crippen molar-refractivity contribution in [1.29, 1.82) is 0 Å². The minimum Gasteiger partial charge on any atom is -0.444 e. The summed E-state index contributed by atoms with van der Waals surface area (Å²) in [7, 11) is 0. The van der Waals surface area contributed by atoms with Gasteiger partial charge < -0.3 is 14.4 Å². The Hall–Kier alpha value is -1.10. The van der Waals surface area contributed by atoms with Crippen molar-refractivity contribution in [1.82, 2.24) is 4.90 Å². The van der Waals surface area contributed by atoms with Crippen LogP contribution in [0.25, 0.3) is 0 Å². The number of amides is 1. The summed E-state index contributed by atoms with van der Waals surface area (Å²) in [6.45, 7) is 8.88. The van der Waals surface area contributed by atoms with Gasteiger partial charge in [-0.2, -0.15) is 0 Å². The Morgan fingerprint density at radius 2 is 1.88 bits per heavy atom. The van der Waals surface area contributed by atoms with Gasteiger partial charge in [-0.25, -0.2) is 4.79 Å². The van der Waals surface area contributed by atoms with Gasteiger partial charge in [-0.05, 0) is 27.7 Å². The largest absolute Gasteiger partial charge is 0.444 e. The normalized spacial score (nSPS) is 16.6. The summed E-state index contributed by atoms with van der Waals surface area (Å²) < 4.78 is 10.2. The number of hydrogen-bond acceptors (Lipinski definition) is 4. The van der Waals surface area contributed by atoms with Crippen LogP contribution in [0, 0.1) is 5.92 Å². The van der Waals surface area contributed by atoms with Gasteiger partial charge >= 0.3 is 6.09 Å². The number of Topliss-reactive ketones (excluding diaryl/α,β-unsaturated/α-hetero) is 1. The molecule has 1 heterocycles. The lowest BCUT2D eigenvalue weighted by Crippen LogP contribution is -2.54. The number of ether oxygens (including phenoxy) is 2. The number of carbonyl (C=O) groups is 2. The van der Waals surface area contributed by atoms with E-state index in [2.05, 4.69) is 0 Å². The lowest BCUT2D eigenvalue weighted by Gasteiger charge is -2.38. The van der Waals surface area contributed by atoms with Crippen molar-refractivity contribution < 1.29 is 19.1 Å². The Morgan fingerprint density at radius 1 is 1.29 bits per heavy atom. The fourth-order valence-electron chi connectivity index (χ4n) is 1.48. The molecule has 1 aliphatic heterocycles. The molecule has 1 fully saturated rings. The number of ketones is 1. The minimum absolute atomic E-state index is 0.0617. The van der Waals surface area contributed by atoms with Gasteiger partial charge in [0.25, 0.3) is 0 Å². The number of hydrogen-bond donors (Lipinski definition) is 0. The van der Waals surface area contributed by atoms with E-state index in [1.165, 1.54) is 0 Å². The predicted octanol–water partition coefficient (Wildman–Crippen LogP) is 1.46. The van der Waals surface area contributed by atoms with Gasteiger partial charge in [0.15, 0.2) is 5.78 Å². The van der Waals surface area contributed by atoms with E-state index in [4.69, 9.17) is 9.47 Å². The van der Waals surface area contributed by atoms with Crippen LogP contribution in [0.1, 0.15) is 27.7 Å². The van der Waals surface area contributed by atoms with E-state index in [1.807, 2.05) is 27.7 Å². The zero-order valence-electron chi connectivity index (χ0n) is 11.0. The van der Waals surface area contributed by atoms with Gasteiger partial charge in [-0.3, -0.25) is 4.79 Å². The summed E-state index contributed by atoms with van der Waals surface area (Å²) in [6.07, 6.45) is -0.349. The van der Waals surface area contributed by atoms with Crippen LogP contribution in [-0.2, 0) is 14.3 Å². The van der Waals surface area contributed by atoms with Gasteiger partial charge in [0.05, 0.1) is 5.92 Å². The molecule has 1 rings (SSSR count). The molecule has 0 unspecified atom stereocenters. The van der Waals surface area contributed by atoms with Gasteiger partial charge in [0, 0.05) is 19.7 Å². The van der Waals surface area contributed by atoms with Crippen LogP contribution in [0.3, 0.4) is 0 Å². The number of carbonyl (C=O) groups excluding carboxylic acids is 2. The van der Waals surface area contributed by atoms with Crippen molar-refractivity contribution in [3.8, 4) is 0 Å². The van der Waals surface area contributed by atoms with Gasteiger partial charge in [0.1, 0.15) is 12.2 Å². The van der Waals surface area contributed by atoms with Gasteiger partial charge in [-0.15, -0.1) is 0 Å². The third-order valence-electron chi connectivity index (χ3n) is 2.44. The molecule has 1 amide bonds. The fourth-order valence-corrected chi connectivity index (χ4v) is 1.48. The first-order valence-electron chi connectivity index (χ1n) is 5.92. The zero-order valence-corrected chi connectivity index (χ0v) is 11.0. The van der Waals surface area contributed by atoms with Crippen LogP contribution >= 0.6 is 0 Å². The predicted molar refractivity (Wildman–Crippen MR) is 62.8 cm³/mol. The average molecular weight is 243 g/mol. The van der Waals surface area contributed by atoms with E-state index in [1.54, 1.807) is 4.90 Å². The molecule has 0 aliphatic carbocycles. The first-order valence-corrected chi connectivity index (χ1v) is 5.92. The van der Waals surface area contributed by atoms with Crippen LogP contribution in [0.15, 0.2) is 0 Å². The van der Waals surface area contributed by atoms with Crippen LogP contribution in [0.5, 0.6) is 0 Å². The summed E-state index contributed by atoms with van der Waals surface area (Å²) in [4.78, 5) is 24.7. The third-order valence-corrected chi connectivity index (χ3v) is 2.44. The molecule has 0 aromatic heterocycles. The quantitative estimate of drug-likeness (QED) is 0.750. The molecule has 0 radical (unpaired) electrons. The maximum absolute atomic E-state index is 11.6. The molecular formula is C12H21NO4. The zero-order chi connectivity index (χ0) is 13.1. The first kappa shape index (κ1) is 14.0. The fraction of sp³-hybridized carbons (Fsp3) is 0.833. The lowest BCUT2D eigenvalue weighted by molar-refractivity contribution is -0.132. The third kappa shape index (κ3) is 4.34. The Kier molecular flexibility index (Phi) is 4.51. The molecule has 0 aromatic carbocycles. The van der Waals surface area contributed by atoms with E-state index in [0.717, 1.165) is 0 Å². The smallest absolute Gasteiger partial charge is 0.410 e. The topological polar surface area (TPSA) is 55.8 Å². The Labute approximate surface area is 102 Å². The highest BCUT2D eigenvalue weighted by Crippen LogP contribution is 2.20. The maximum Gasteiger partial charge on any atom is 0.410 e. The molecule has 0 bridgehead atoms. The highest BCUT2D eigenvalue weighted by molar-refractivity contribution is 5.85. The van der Waals surface area contributed by atoms with E-state index >= 15 is 0 Å². The summed E-state index contributed by atoms with van der Waals surface area (Å²) >= 11 is 0. The van der Waals surface area contributed by atoms with Crippen molar-refractivity contribution in [2.75, 3.05) is 26.3 Å². The highest BCUT2D eigenvalue weighted by Gasteiger charge is 2.37. The van der Waals surface area contributed by atoms with E-state index in [0.29, 0.717) is 19.7 Å². The second-order valence-corrected chi connectivity index (χ2v) is 5.19. The van der Waals surface area contributed by atoms with Crippen LogP contribution < -0.4 is 0 Å². The summed E-state index contributed by atoms with van der Waals surface area (Å²) in [5.74, 6) is -0.0271. The summed E-state index contributed by atoms with van der Waals surface area (Å²) in [5.41, 5.74) is -0.489. The Bertz CT molecular complexity index is 289. The second kappa shape index (κ2) is 5.49. The molecule has 98 valence electrons. The van der Waals surface area contributed by atoms with Crippen molar-refractivity contribution in [2.45, 2.75) is 33.3 Å². The van der Waals surface area contributed by atoms with Crippen molar-refractivity contribution in [2.24, 2.45) is 5.92 Å². The number of rotatable bonds is 4. The average Bonchev–Trinajstić information content (AvgIpc) is 2.09. The molecule has 1 saturated heterocycles. The molecule has 1 aliphatic rings. The van der Waals surface area contributed by atoms with Crippen LogP contribution in [0.2, 0.25) is 0 Å². The number of likely N-dealkylation sites (tertiary alicyclic amines) is 1. The van der Waals surface area contributed by atoms with Crippen molar-refractivity contribution in [3.05, 3.63) is 0 Å². The van der Waals surface area contributed by atoms with Crippen LogP contribution in [-0.4, -0.2) is 48.7 Å². The highest BCUT2D eigenvalue weighted by atomic mass is 16.6. The Balaban J connectivity index is 2.27. The molecule has 5 nitrogen and oxygen atoms in total.